The van der Waals surface area contributed by atoms with Gasteiger partial charge in [-0.05, 0) is 97.4 Å². The van der Waals surface area contributed by atoms with Crippen LogP contribution in [-0.4, -0.2) is 15.0 Å². The van der Waals surface area contributed by atoms with Crippen molar-refractivity contribution in [3.8, 4) is 67.9 Å². The van der Waals surface area contributed by atoms with Gasteiger partial charge in [0.2, 0.25) is 0 Å². The number of aromatic nitrogens is 3. The Kier molecular flexibility index (Phi) is 7.54. The van der Waals surface area contributed by atoms with E-state index in [1.165, 1.54) is 27.6 Å². The zero-order valence-corrected chi connectivity index (χ0v) is 34.9. The summed E-state index contributed by atoms with van der Waals surface area (Å²) in [5.41, 5.74) is 13.2. The summed E-state index contributed by atoms with van der Waals surface area (Å²) in [4.78, 5) is 15.4. The third-order valence-corrected chi connectivity index (χ3v) is 13.6. The molecule has 1 aliphatic heterocycles. The molecule has 2 aliphatic rings. The van der Waals surface area contributed by atoms with Crippen molar-refractivity contribution in [2.24, 2.45) is 0 Å². The van der Waals surface area contributed by atoms with Gasteiger partial charge < -0.3 is 9.15 Å². The normalized spacial score (nSPS) is 13.2. The minimum atomic E-state index is -0.580. The number of hydrogen-bond acceptors (Lipinski definition) is 5. The summed E-state index contributed by atoms with van der Waals surface area (Å²) in [6, 6.07) is 74.8. The van der Waals surface area contributed by atoms with Gasteiger partial charge in [0.05, 0.1) is 5.41 Å². The molecule has 1 aliphatic carbocycles. The molecule has 0 radical (unpaired) electrons. The van der Waals surface area contributed by atoms with E-state index in [0.29, 0.717) is 17.5 Å². The summed E-state index contributed by atoms with van der Waals surface area (Å²) < 4.78 is 13.5. The van der Waals surface area contributed by atoms with Gasteiger partial charge in [0, 0.05) is 38.6 Å². The smallest absolute Gasteiger partial charge is 0.164 e. The lowest BCUT2D eigenvalue weighted by Crippen LogP contribution is -2.32. The standard InChI is InChI=1S/C60H35N3O2/c1-2-16-37(17-3-1)57-61-58(39-30-29-36-15-4-5-18-38(36)33-39)63-59(62-57)45-32-31-42(40-19-6-7-20-41(40)45)44-22-14-28-54-56(44)47-34-46-43-21-8-9-23-48(43)60(51(46)35-55(47)65-54)49-24-10-12-26-52(49)64-53-27-13-11-25-50(53)60/h1-35H. The van der Waals surface area contributed by atoms with Crippen LogP contribution in [0.1, 0.15) is 22.3 Å². The molecule has 0 saturated heterocycles. The fourth-order valence-electron chi connectivity index (χ4n) is 10.8. The Balaban J connectivity index is 0.974. The fourth-order valence-corrected chi connectivity index (χ4v) is 10.8. The van der Waals surface area contributed by atoms with Gasteiger partial charge in [-0.2, -0.15) is 0 Å². The van der Waals surface area contributed by atoms with Gasteiger partial charge in [-0.25, -0.2) is 15.0 Å². The van der Waals surface area contributed by atoms with Gasteiger partial charge in [0.1, 0.15) is 22.7 Å². The molecule has 12 aromatic rings. The van der Waals surface area contributed by atoms with E-state index >= 15 is 0 Å². The molecule has 10 aromatic carbocycles. The first-order valence-electron chi connectivity index (χ1n) is 22.0. The van der Waals surface area contributed by atoms with Crippen molar-refractivity contribution in [3.63, 3.8) is 0 Å². The zero-order valence-electron chi connectivity index (χ0n) is 34.9. The molecule has 3 heterocycles. The highest BCUT2D eigenvalue weighted by Crippen LogP contribution is 2.63. The molecule has 2 aromatic heterocycles. The molecule has 65 heavy (non-hydrogen) atoms. The quantitative estimate of drug-likeness (QED) is 0.177. The average Bonchev–Trinajstić information content (AvgIpc) is 3.88. The monoisotopic (exact) mass is 829 g/mol. The SMILES string of the molecule is c1ccc(-c2nc(-c3ccc4ccccc4c3)nc(-c3ccc(-c4cccc5oc6cc7c(cc6c45)-c4ccccc4C74c5ccccc5Oc5ccccc54)c4ccccc34)n2)cc1. The van der Waals surface area contributed by atoms with Crippen LogP contribution in [0.5, 0.6) is 11.5 Å². The number of rotatable bonds is 4. The van der Waals surface area contributed by atoms with Crippen LogP contribution in [0, 0.1) is 0 Å². The molecule has 14 rings (SSSR count). The summed E-state index contributed by atoms with van der Waals surface area (Å²) in [5, 5.41) is 6.62. The second kappa shape index (κ2) is 13.7. The molecule has 0 unspecified atom stereocenters. The summed E-state index contributed by atoms with van der Waals surface area (Å²) in [7, 11) is 0. The topological polar surface area (TPSA) is 61.0 Å². The van der Waals surface area contributed by atoms with Crippen LogP contribution < -0.4 is 4.74 Å². The molecular formula is C60H35N3O2. The van der Waals surface area contributed by atoms with Crippen LogP contribution in [-0.2, 0) is 5.41 Å². The third-order valence-electron chi connectivity index (χ3n) is 13.6. The van der Waals surface area contributed by atoms with E-state index < -0.39 is 5.41 Å². The lowest BCUT2D eigenvalue weighted by Gasteiger charge is -2.39. The number of ether oxygens (including phenoxy) is 1. The van der Waals surface area contributed by atoms with Crippen LogP contribution in [0.25, 0.3) is 99.9 Å². The second-order valence-electron chi connectivity index (χ2n) is 17.0. The summed E-state index contributed by atoms with van der Waals surface area (Å²) in [5.74, 6) is 3.62. The van der Waals surface area contributed by atoms with Gasteiger partial charge in [-0.15, -0.1) is 0 Å². The van der Waals surface area contributed by atoms with Crippen LogP contribution in [0.15, 0.2) is 217 Å². The van der Waals surface area contributed by atoms with Crippen LogP contribution in [0.2, 0.25) is 0 Å². The molecule has 1 spiro atoms. The molecule has 5 nitrogen and oxygen atoms in total. The molecule has 0 fully saturated rings. The van der Waals surface area contributed by atoms with Crippen LogP contribution >= 0.6 is 0 Å². The van der Waals surface area contributed by atoms with Crippen molar-refractivity contribution in [3.05, 3.63) is 235 Å². The van der Waals surface area contributed by atoms with Crippen LogP contribution in [0.4, 0.5) is 0 Å². The molecule has 0 N–H and O–H groups in total. The Morgan fingerprint density at radius 1 is 0.323 bits per heavy atom. The van der Waals surface area contributed by atoms with E-state index in [0.717, 1.165) is 88.5 Å². The highest BCUT2D eigenvalue weighted by atomic mass is 16.5. The van der Waals surface area contributed by atoms with E-state index in [4.69, 9.17) is 24.1 Å². The molecule has 0 amide bonds. The van der Waals surface area contributed by atoms with Crippen molar-refractivity contribution in [2.75, 3.05) is 0 Å². The molecule has 5 heteroatoms. The Morgan fingerprint density at radius 2 is 0.938 bits per heavy atom. The van der Waals surface area contributed by atoms with Gasteiger partial charge >= 0.3 is 0 Å². The van der Waals surface area contributed by atoms with Gasteiger partial charge in [-0.3, -0.25) is 0 Å². The highest BCUT2D eigenvalue weighted by Gasteiger charge is 2.51. The summed E-state index contributed by atoms with van der Waals surface area (Å²) in [6.45, 7) is 0. The third kappa shape index (κ3) is 5.18. The zero-order chi connectivity index (χ0) is 42.6. The van der Waals surface area contributed by atoms with Gasteiger partial charge in [0.25, 0.3) is 0 Å². The highest BCUT2D eigenvalue weighted by molar-refractivity contribution is 6.17. The number of furan rings is 1. The Morgan fingerprint density at radius 3 is 1.74 bits per heavy atom. The first-order chi connectivity index (χ1) is 32.2. The van der Waals surface area contributed by atoms with Gasteiger partial charge in [0.15, 0.2) is 17.5 Å². The first kappa shape index (κ1) is 35.9. The number of fused-ring (bicyclic) bond motifs is 14. The number of hydrogen-bond donors (Lipinski definition) is 0. The Labute approximate surface area is 373 Å². The van der Waals surface area contributed by atoms with E-state index in [2.05, 4.69) is 194 Å². The number of nitrogens with zero attached hydrogens (tertiary/aromatic N) is 3. The van der Waals surface area contributed by atoms with Crippen molar-refractivity contribution in [1.82, 2.24) is 15.0 Å². The van der Waals surface area contributed by atoms with E-state index in [1.54, 1.807) is 0 Å². The average molecular weight is 830 g/mol. The maximum absolute atomic E-state index is 6.93. The largest absolute Gasteiger partial charge is 0.457 e. The first-order valence-corrected chi connectivity index (χ1v) is 22.0. The van der Waals surface area contributed by atoms with Gasteiger partial charge in [-0.1, -0.05) is 170 Å². The number of benzene rings is 10. The van der Waals surface area contributed by atoms with E-state index in [-0.39, 0.29) is 0 Å². The van der Waals surface area contributed by atoms with Crippen molar-refractivity contribution in [2.45, 2.75) is 5.41 Å². The van der Waals surface area contributed by atoms with Crippen molar-refractivity contribution >= 4 is 43.5 Å². The lowest BCUT2D eigenvalue weighted by molar-refractivity contribution is 0.436. The summed E-state index contributed by atoms with van der Waals surface area (Å²) in [6.07, 6.45) is 0. The lowest BCUT2D eigenvalue weighted by atomic mass is 9.66. The second-order valence-corrected chi connectivity index (χ2v) is 17.0. The predicted molar refractivity (Wildman–Crippen MR) is 261 cm³/mol. The van der Waals surface area contributed by atoms with Crippen molar-refractivity contribution < 1.29 is 9.15 Å². The predicted octanol–water partition coefficient (Wildman–Crippen LogP) is 15.2. The molecule has 302 valence electrons. The minimum absolute atomic E-state index is 0.580. The Bertz CT molecular complexity index is 3900. The molecule has 0 atom stereocenters. The Hall–Kier alpha value is -8.67. The molecule has 0 saturated carbocycles. The molecule has 0 bridgehead atoms. The molecular weight excluding hydrogens is 795 g/mol. The summed E-state index contributed by atoms with van der Waals surface area (Å²) >= 11 is 0. The maximum Gasteiger partial charge on any atom is 0.164 e. The van der Waals surface area contributed by atoms with Crippen LogP contribution in [0.3, 0.4) is 0 Å². The fraction of sp³-hybridized carbons (Fsp3) is 0.0167. The maximum atomic E-state index is 6.93. The van der Waals surface area contributed by atoms with E-state index in [1.807, 2.05) is 18.2 Å². The minimum Gasteiger partial charge on any atom is -0.457 e. The van der Waals surface area contributed by atoms with E-state index in [9.17, 15) is 0 Å². The number of para-hydroxylation sites is 2. The van der Waals surface area contributed by atoms with Crippen molar-refractivity contribution in [1.29, 1.82) is 0 Å².